The van der Waals surface area contributed by atoms with Crippen molar-refractivity contribution in [3.05, 3.63) is 35.2 Å². The van der Waals surface area contributed by atoms with Crippen LogP contribution in [0.1, 0.15) is 19.4 Å². The maximum absolute atomic E-state index is 9.61. The normalized spacial score (nSPS) is 17.7. The van der Waals surface area contributed by atoms with E-state index in [-0.39, 0.29) is 0 Å². The van der Waals surface area contributed by atoms with Gasteiger partial charge in [-0.25, -0.2) is 4.85 Å². The van der Waals surface area contributed by atoms with Crippen molar-refractivity contribution in [3.63, 3.8) is 0 Å². The highest BCUT2D eigenvalue weighted by molar-refractivity contribution is 6.62. The molecule has 0 saturated heterocycles. The zero-order chi connectivity index (χ0) is 10.3. The zero-order valence-electron chi connectivity index (χ0n) is 8.11. The largest absolute Gasteiger partial charge is 0.490 e. The van der Waals surface area contributed by atoms with E-state index in [0.717, 1.165) is 5.56 Å². The monoisotopic (exact) mass is 187 g/mol. The summed E-state index contributed by atoms with van der Waals surface area (Å²) in [6.45, 7) is 10.7. The Morgan fingerprint density at radius 2 is 2.21 bits per heavy atom. The first-order chi connectivity index (χ1) is 6.54. The minimum Gasteiger partial charge on any atom is -0.423 e. The molecular formula is C10H10BNO2. The first-order valence-electron chi connectivity index (χ1n) is 4.42. The van der Waals surface area contributed by atoms with Crippen LogP contribution in [-0.4, -0.2) is 12.1 Å². The molecule has 3 nitrogen and oxygen atoms in total. The molecule has 0 amide bonds. The lowest BCUT2D eigenvalue weighted by molar-refractivity contribution is 0.101. The van der Waals surface area contributed by atoms with Gasteiger partial charge in [-0.1, -0.05) is 18.2 Å². The summed E-state index contributed by atoms with van der Waals surface area (Å²) in [6.07, 6.45) is 0. The lowest BCUT2D eigenvalue weighted by Gasteiger charge is -2.19. The highest BCUT2D eigenvalue weighted by atomic mass is 16.5. The van der Waals surface area contributed by atoms with Crippen molar-refractivity contribution in [1.29, 1.82) is 0 Å². The molecule has 0 radical (unpaired) electrons. The molecule has 2 rings (SSSR count). The molecule has 14 heavy (non-hydrogen) atoms. The average Bonchev–Trinajstić information content (AvgIpc) is 2.37. The average molecular weight is 187 g/mol. The number of hydrogen-bond acceptors (Lipinski definition) is 2. The van der Waals surface area contributed by atoms with Gasteiger partial charge in [0.15, 0.2) is 5.69 Å². The number of fused-ring (bicyclic) bond motifs is 1. The Hall–Kier alpha value is -1.31. The molecule has 70 valence electrons. The Morgan fingerprint density at radius 3 is 2.86 bits per heavy atom. The van der Waals surface area contributed by atoms with Gasteiger partial charge in [0.2, 0.25) is 0 Å². The molecule has 0 fully saturated rings. The minimum atomic E-state index is -0.901. The molecule has 1 aromatic carbocycles. The van der Waals surface area contributed by atoms with Crippen LogP contribution in [-0.2, 0) is 10.3 Å². The molecule has 1 aromatic rings. The van der Waals surface area contributed by atoms with E-state index in [1.165, 1.54) is 0 Å². The van der Waals surface area contributed by atoms with Crippen molar-refractivity contribution < 1.29 is 9.68 Å². The summed E-state index contributed by atoms with van der Waals surface area (Å²) < 4.78 is 5.37. The van der Waals surface area contributed by atoms with E-state index in [9.17, 15) is 5.02 Å². The summed E-state index contributed by atoms with van der Waals surface area (Å²) in [5, 5.41) is 9.61. The van der Waals surface area contributed by atoms with Gasteiger partial charge in [0, 0.05) is 0 Å². The Labute approximate surface area is 83.3 Å². The topological polar surface area (TPSA) is 33.8 Å². The molecule has 1 N–H and O–H groups in total. The maximum Gasteiger partial charge on any atom is 0.490 e. The van der Waals surface area contributed by atoms with Crippen molar-refractivity contribution in [2.24, 2.45) is 0 Å². The van der Waals surface area contributed by atoms with Crippen LogP contribution >= 0.6 is 0 Å². The first-order valence-corrected chi connectivity index (χ1v) is 4.42. The third-order valence-electron chi connectivity index (χ3n) is 2.49. The predicted molar refractivity (Wildman–Crippen MR) is 54.4 cm³/mol. The third kappa shape index (κ3) is 1.22. The fourth-order valence-electron chi connectivity index (χ4n) is 1.78. The van der Waals surface area contributed by atoms with E-state index < -0.39 is 12.7 Å². The number of benzene rings is 1. The number of hydrogen-bond donors (Lipinski definition) is 1. The van der Waals surface area contributed by atoms with Gasteiger partial charge in [-0.15, -0.1) is 0 Å². The van der Waals surface area contributed by atoms with Gasteiger partial charge >= 0.3 is 7.12 Å². The van der Waals surface area contributed by atoms with Crippen LogP contribution < -0.4 is 5.46 Å². The first kappa shape index (κ1) is 9.26. The fourth-order valence-corrected chi connectivity index (χ4v) is 1.78. The second kappa shape index (κ2) is 2.84. The van der Waals surface area contributed by atoms with Gasteiger partial charge in [-0.05, 0) is 24.9 Å². The van der Waals surface area contributed by atoms with Crippen molar-refractivity contribution in [2.75, 3.05) is 0 Å². The van der Waals surface area contributed by atoms with Crippen molar-refractivity contribution in [1.82, 2.24) is 0 Å². The van der Waals surface area contributed by atoms with E-state index >= 15 is 0 Å². The van der Waals surface area contributed by atoms with Crippen LogP contribution in [0.5, 0.6) is 0 Å². The molecule has 0 atom stereocenters. The summed E-state index contributed by atoms with van der Waals surface area (Å²) in [5.74, 6) is 0. The van der Waals surface area contributed by atoms with Crippen molar-refractivity contribution >= 4 is 18.3 Å². The molecule has 0 unspecified atom stereocenters. The van der Waals surface area contributed by atoms with Gasteiger partial charge in [-0.2, -0.15) is 0 Å². The quantitative estimate of drug-likeness (QED) is 0.488. The molecule has 1 aliphatic rings. The van der Waals surface area contributed by atoms with E-state index in [4.69, 9.17) is 11.2 Å². The van der Waals surface area contributed by atoms with Crippen LogP contribution in [0.25, 0.3) is 4.85 Å². The van der Waals surface area contributed by atoms with E-state index in [1.807, 2.05) is 19.9 Å². The molecule has 0 spiro atoms. The van der Waals surface area contributed by atoms with Crippen LogP contribution in [0.2, 0.25) is 0 Å². The smallest absolute Gasteiger partial charge is 0.423 e. The van der Waals surface area contributed by atoms with E-state index in [1.54, 1.807) is 12.1 Å². The van der Waals surface area contributed by atoms with Gasteiger partial charge in [0.05, 0.1) is 12.2 Å². The lowest BCUT2D eigenvalue weighted by atomic mass is 9.78. The fraction of sp³-hybridized carbons (Fsp3) is 0.300. The van der Waals surface area contributed by atoms with Crippen molar-refractivity contribution in [2.45, 2.75) is 19.4 Å². The van der Waals surface area contributed by atoms with E-state index in [0.29, 0.717) is 11.2 Å². The lowest BCUT2D eigenvalue weighted by Crippen LogP contribution is -2.28. The van der Waals surface area contributed by atoms with Gasteiger partial charge < -0.3 is 9.68 Å². The Balaban J connectivity index is 2.59. The summed E-state index contributed by atoms with van der Waals surface area (Å²) in [7, 11) is -0.901. The van der Waals surface area contributed by atoms with Gasteiger partial charge in [-0.3, -0.25) is 0 Å². The minimum absolute atomic E-state index is 0.463. The Kier molecular flexibility index (Phi) is 1.88. The van der Waals surface area contributed by atoms with Crippen molar-refractivity contribution in [3.8, 4) is 0 Å². The summed E-state index contributed by atoms with van der Waals surface area (Å²) in [6, 6.07) is 5.27. The predicted octanol–water partition coefficient (Wildman–Crippen LogP) is 1.19. The summed E-state index contributed by atoms with van der Waals surface area (Å²) in [5.41, 5.74) is 1.74. The number of nitrogens with zero attached hydrogens (tertiary/aromatic N) is 1. The number of rotatable bonds is 0. The van der Waals surface area contributed by atoms with E-state index in [2.05, 4.69) is 4.85 Å². The molecule has 1 heterocycles. The van der Waals surface area contributed by atoms with Crippen LogP contribution in [0.15, 0.2) is 18.2 Å². The molecule has 0 saturated carbocycles. The molecule has 4 heteroatoms. The third-order valence-corrected chi connectivity index (χ3v) is 2.49. The molecule has 0 aliphatic carbocycles. The van der Waals surface area contributed by atoms with Crippen LogP contribution in [0.4, 0.5) is 5.69 Å². The highest BCUT2D eigenvalue weighted by Gasteiger charge is 2.40. The van der Waals surface area contributed by atoms with Crippen LogP contribution in [0.3, 0.4) is 0 Å². The second-order valence-electron chi connectivity index (χ2n) is 3.86. The zero-order valence-corrected chi connectivity index (χ0v) is 8.11. The molecular weight excluding hydrogens is 177 g/mol. The molecule has 1 aliphatic heterocycles. The molecule has 0 bridgehead atoms. The highest BCUT2D eigenvalue weighted by Crippen LogP contribution is 2.31. The SMILES string of the molecule is [C-]#[N+]c1ccc2c(c1)B(O)OC2(C)C. The van der Waals surface area contributed by atoms with Gasteiger partial charge in [0.25, 0.3) is 0 Å². The Morgan fingerprint density at radius 1 is 1.50 bits per heavy atom. The summed E-state index contributed by atoms with van der Waals surface area (Å²) in [4.78, 5) is 3.31. The van der Waals surface area contributed by atoms with Gasteiger partial charge in [0.1, 0.15) is 0 Å². The standard InChI is InChI=1S/C10H10BNO2/c1-10(2)8-5-4-7(12-3)6-9(8)11(13)14-10/h4-6,13H,1-2H3. The Bertz CT molecular complexity index is 423. The summed E-state index contributed by atoms with van der Waals surface area (Å²) >= 11 is 0. The maximum atomic E-state index is 9.61. The van der Waals surface area contributed by atoms with Crippen LogP contribution in [0, 0.1) is 6.57 Å². The molecule has 0 aromatic heterocycles. The second-order valence-corrected chi connectivity index (χ2v) is 3.86.